The van der Waals surface area contributed by atoms with Crippen molar-refractivity contribution >= 4 is 17.8 Å². The van der Waals surface area contributed by atoms with Crippen LogP contribution in [0.4, 0.5) is 19.0 Å². The van der Waals surface area contributed by atoms with Crippen LogP contribution in [0.25, 0.3) is 6.08 Å². The third-order valence-electron chi connectivity index (χ3n) is 5.28. The molecule has 0 bridgehead atoms. The van der Waals surface area contributed by atoms with Crippen LogP contribution in [0.5, 0.6) is 0 Å². The van der Waals surface area contributed by atoms with Gasteiger partial charge in [0.05, 0.1) is 11.1 Å². The van der Waals surface area contributed by atoms with Gasteiger partial charge in [-0.3, -0.25) is 4.79 Å². The predicted molar refractivity (Wildman–Crippen MR) is 106 cm³/mol. The van der Waals surface area contributed by atoms with Crippen molar-refractivity contribution in [3.8, 4) is 0 Å². The molecule has 152 valence electrons. The molecule has 1 aliphatic carbocycles. The van der Waals surface area contributed by atoms with Gasteiger partial charge in [0.2, 0.25) is 0 Å². The number of nitrogens with zero attached hydrogens (tertiary/aromatic N) is 2. The molecule has 0 atom stereocenters. The van der Waals surface area contributed by atoms with Crippen LogP contribution in [-0.2, 0) is 6.18 Å². The summed E-state index contributed by atoms with van der Waals surface area (Å²) in [6, 6.07) is 9.56. The Morgan fingerprint density at radius 2 is 1.83 bits per heavy atom. The zero-order valence-electron chi connectivity index (χ0n) is 15.9. The van der Waals surface area contributed by atoms with Crippen LogP contribution >= 0.6 is 0 Å². The molecule has 29 heavy (non-hydrogen) atoms. The molecule has 1 saturated carbocycles. The average Bonchev–Trinajstić information content (AvgIpc) is 3.52. The number of carbonyl (C=O) groups excluding carboxylic acids is 1. The number of piperidine rings is 1. The van der Waals surface area contributed by atoms with Crippen molar-refractivity contribution in [2.75, 3.05) is 18.0 Å². The van der Waals surface area contributed by atoms with Crippen molar-refractivity contribution in [1.29, 1.82) is 0 Å². The number of hydrogen-bond acceptors (Lipinski definition) is 3. The third kappa shape index (κ3) is 4.78. The molecule has 1 amide bonds. The van der Waals surface area contributed by atoms with Crippen LogP contribution < -0.4 is 10.2 Å². The van der Waals surface area contributed by atoms with E-state index in [1.807, 2.05) is 6.07 Å². The number of aromatic nitrogens is 1. The van der Waals surface area contributed by atoms with Crippen LogP contribution in [0.15, 0.2) is 48.2 Å². The maximum absolute atomic E-state index is 13.2. The Morgan fingerprint density at radius 3 is 2.45 bits per heavy atom. The van der Waals surface area contributed by atoms with E-state index < -0.39 is 11.7 Å². The molecular weight excluding hydrogens is 379 g/mol. The van der Waals surface area contributed by atoms with Gasteiger partial charge < -0.3 is 10.2 Å². The number of alkyl halides is 3. The van der Waals surface area contributed by atoms with Crippen molar-refractivity contribution in [1.82, 2.24) is 10.3 Å². The molecule has 2 aromatic rings. The van der Waals surface area contributed by atoms with E-state index in [0.717, 1.165) is 30.3 Å². The fourth-order valence-corrected chi connectivity index (χ4v) is 3.47. The van der Waals surface area contributed by atoms with Crippen LogP contribution in [0.2, 0.25) is 0 Å². The van der Waals surface area contributed by atoms with Gasteiger partial charge in [0.15, 0.2) is 0 Å². The number of rotatable bonds is 4. The molecule has 1 aromatic heterocycles. The van der Waals surface area contributed by atoms with Gasteiger partial charge in [-0.15, -0.1) is 0 Å². The minimum Gasteiger partial charge on any atom is -0.356 e. The summed E-state index contributed by atoms with van der Waals surface area (Å²) < 4.78 is 39.5. The molecule has 1 aromatic carbocycles. The normalized spacial score (nSPS) is 17.2. The van der Waals surface area contributed by atoms with E-state index in [9.17, 15) is 18.0 Å². The Bertz CT molecular complexity index is 908. The van der Waals surface area contributed by atoms with E-state index in [0.29, 0.717) is 37.5 Å². The van der Waals surface area contributed by atoms with Gasteiger partial charge in [-0.2, -0.15) is 13.2 Å². The number of halogens is 3. The lowest BCUT2D eigenvalue weighted by Gasteiger charge is -2.29. The zero-order chi connectivity index (χ0) is 20.4. The number of hydrogen-bond donors (Lipinski definition) is 1. The minimum absolute atomic E-state index is 0.0984. The molecule has 1 saturated heterocycles. The lowest BCUT2D eigenvalue weighted by Crippen LogP contribution is -2.31. The van der Waals surface area contributed by atoms with Crippen molar-refractivity contribution in [2.24, 2.45) is 0 Å². The Balaban J connectivity index is 1.39. The topological polar surface area (TPSA) is 45.2 Å². The second kappa shape index (κ2) is 7.89. The summed E-state index contributed by atoms with van der Waals surface area (Å²) >= 11 is 0. The predicted octanol–water partition coefficient (Wildman–Crippen LogP) is 4.68. The Labute approximate surface area is 167 Å². The van der Waals surface area contributed by atoms with Crippen LogP contribution in [0.1, 0.15) is 47.2 Å². The van der Waals surface area contributed by atoms with Gasteiger partial charge in [-0.1, -0.05) is 29.8 Å². The zero-order valence-corrected chi connectivity index (χ0v) is 15.9. The van der Waals surface area contributed by atoms with Crippen molar-refractivity contribution < 1.29 is 18.0 Å². The molecule has 7 heteroatoms. The van der Waals surface area contributed by atoms with Gasteiger partial charge in [0.25, 0.3) is 5.91 Å². The summed E-state index contributed by atoms with van der Waals surface area (Å²) in [7, 11) is 0. The summed E-state index contributed by atoms with van der Waals surface area (Å²) in [6.07, 6.45) is 2.32. The molecule has 0 radical (unpaired) electrons. The van der Waals surface area contributed by atoms with Gasteiger partial charge >= 0.3 is 6.18 Å². The highest BCUT2D eigenvalue weighted by Crippen LogP contribution is 2.34. The highest BCUT2D eigenvalue weighted by atomic mass is 19.4. The fraction of sp³-hybridized carbons (Fsp3) is 0.364. The van der Waals surface area contributed by atoms with Crippen molar-refractivity contribution in [3.63, 3.8) is 0 Å². The largest absolute Gasteiger partial charge is 0.416 e. The van der Waals surface area contributed by atoms with Crippen LogP contribution in [0.3, 0.4) is 0 Å². The number of amides is 1. The first-order valence-corrected chi connectivity index (χ1v) is 9.78. The second-order valence-electron chi connectivity index (χ2n) is 7.53. The molecule has 2 aliphatic rings. The van der Waals surface area contributed by atoms with E-state index in [-0.39, 0.29) is 11.5 Å². The van der Waals surface area contributed by atoms with Gasteiger partial charge in [-0.25, -0.2) is 4.98 Å². The highest BCUT2D eigenvalue weighted by molar-refractivity contribution is 5.94. The van der Waals surface area contributed by atoms with Crippen LogP contribution in [-0.4, -0.2) is 30.0 Å². The van der Waals surface area contributed by atoms with E-state index in [4.69, 9.17) is 0 Å². The molecule has 2 fully saturated rings. The number of pyridine rings is 1. The molecule has 2 heterocycles. The molecular formula is C22H22F3N3O. The Kier molecular flexibility index (Phi) is 5.30. The molecule has 1 N–H and O–H groups in total. The average molecular weight is 401 g/mol. The summed E-state index contributed by atoms with van der Waals surface area (Å²) in [5.41, 5.74) is 1.16. The fourth-order valence-electron chi connectivity index (χ4n) is 3.47. The van der Waals surface area contributed by atoms with E-state index >= 15 is 0 Å². The first-order chi connectivity index (χ1) is 13.9. The van der Waals surface area contributed by atoms with E-state index in [1.165, 1.54) is 12.1 Å². The monoisotopic (exact) mass is 401 g/mol. The van der Waals surface area contributed by atoms with Gasteiger partial charge in [0, 0.05) is 25.3 Å². The lowest BCUT2D eigenvalue weighted by atomic mass is 9.98. The maximum Gasteiger partial charge on any atom is 0.416 e. The maximum atomic E-state index is 13.2. The number of anilines is 1. The smallest absolute Gasteiger partial charge is 0.356 e. The Hall–Kier alpha value is -2.83. The van der Waals surface area contributed by atoms with E-state index in [2.05, 4.69) is 15.2 Å². The number of benzene rings is 1. The first kappa shape index (κ1) is 19.5. The molecule has 0 spiro atoms. The molecule has 1 aliphatic heterocycles. The summed E-state index contributed by atoms with van der Waals surface area (Å²) in [6.45, 7) is 1.36. The summed E-state index contributed by atoms with van der Waals surface area (Å²) in [4.78, 5) is 18.5. The number of carbonyl (C=O) groups is 1. The molecule has 0 unspecified atom stereocenters. The van der Waals surface area contributed by atoms with Crippen molar-refractivity contribution in [3.05, 3.63) is 64.9 Å². The Morgan fingerprint density at radius 1 is 1.10 bits per heavy atom. The van der Waals surface area contributed by atoms with E-state index in [1.54, 1.807) is 24.4 Å². The standard InChI is InChI=1S/C22H22F3N3O/c23-22(24,25)19-4-2-1-3-16(19)13-15-9-11-28(12-10-15)20-8-5-17(14-26-20)21(29)27-18-6-7-18/h1-5,8,13-14,18H,6-7,9-12H2,(H,27,29). The minimum atomic E-state index is -4.36. The third-order valence-corrected chi connectivity index (χ3v) is 5.28. The number of nitrogens with one attached hydrogen (secondary N) is 1. The highest BCUT2D eigenvalue weighted by Gasteiger charge is 2.32. The van der Waals surface area contributed by atoms with Crippen LogP contribution in [0, 0.1) is 0 Å². The second-order valence-corrected chi connectivity index (χ2v) is 7.53. The summed E-state index contributed by atoms with van der Waals surface area (Å²) in [5, 5.41) is 2.93. The van der Waals surface area contributed by atoms with Gasteiger partial charge in [0.1, 0.15) is 5.82 Å². The quantitative estimate of drug-likeness (QED) is 0.809. The SMILES string of the molecule is O=C(NC1CC1)c1ccc(N2CCC(=Cc3ccccc3C(F)(F)F)CC2)nc1. The first-order valence-electron chi connectivity index (χ1n) is 9.78. The van der Waals surface area contributed by atoms with Gasteiger partial charge in [-0.05, 0) is 49.4 Å². The lowest BCUT2D eigenvalue weighted by molar-refractivity contribution is -0.137. The molecule has 4 nitrogen and oxygen atoms in total. The molecule has 4 rings (SSSR count). The summed E-state index contributed by atoms with van der Waals surface area (Å²) in [5.74, 6) is 0.682. The van der Waals surface area contributed by atoms with Crippen molar-refractivity contribution in [2.45, 2.75) is 37.9 Å².